The van der Waals surface area contributed by atoms with Gasteiger partial charge in [-0.25, -0.2) is 0 Å². The fourth-order valence-electron chi connectivity index (χ4n) is 1.68. The number of halogens is 3. The Labute approximate surface area is 108 Å². The average molecular weight is 270 g/mol. The minimum Gasteiger partial charge on any atom is -0.412 e. The van der Waals surface area contributed by atoms with Crippen LogP contribution in [0.3, 0.4) is 0 Å². The van der Waals surface area contributed by atoms with Crippen LogP contribution in [0.2, 0.25) is 0 Å². The predicted molar refractivity (Wildman–Crippen MR) is 65.6 cm³/mol. The highest BCUT2D eigenvalue weighted by molar-refractivity contribution is 5.32. The lowest BCUT2D eigenvalue weighted by molar-refractivity contribution is -0.137. The zero-order valence-electron chi connectivity index (χ0n) is 9.85. The van der Waals surface area contributed by atoms with Crippen LogP contribution in [0.4, 0.5) is 13.2 Å². The van der Waals surface area contributed by atoms with Gasteiger partial charge in [-0.2, -0.15) is 13.2 Å². The first-order valence-corrected chi connectivity index (χ1v) is 5.38. The average Bonchev–Trinajstić information content (AvgIpc) is 2.38. The summed E-state index contributed by atoms with van der Waals surface area (Å²) in [6, 6.07) is 13.3. The van der Waals surface area contributed by atoms with Crippen molar-refractivity contribution in [2.45, 2.75) is 12.3 Å². The Morgan fingerprint density at radius 1 is 0.789 bits per heavy atom. The summed E-state index contributed by atoms with van der Waals surface area (Å²) in [6.07, 6.45) is -5.26. The molecule has 0 saturated heterocycles. The third-order valence-electron chi connectivity index (χ3n) is 2.67. The first-order valence-electron chi connectivity index (χ1n) is 5.38. The van der Waals surface area contributed by atoms with Crippen LogP contribution in [0.5, 0.6) is 0 Å². The number of rotatable bonds is 2. The third kappa shape index (κ3) is 3.56. The summed E-state index contributed by atoms with van der Waals surface area (Å²) in [5.41, 5.74) is 0.373. The van der Waals surface area contributed by atoms with E-state index in [-0.39, 0.29) is 5.48 Å². The van der Waals surface area contributed by atoms with Gasteiger partial charge in [-0.3, -0.25) is 0 Å². The Morgan fingerprint density at radius 3 is 1.74 bits per heavy atom. The lowest BCUT2D eigenvalue weighted by atomic mass is 10.0. The molecular formula is C14H13F3O2. The van der Waals surface area contributed by atoms with Crippen molar-refractivity contribution in [2.75, 3.05) is 0 Å². The monoisotopic (exact) mass is 270 g/mol. The van der Waals surface area contributed by atoms with Crippen LogP contribution < -0.4 is 0 Å². The second-order valence-electron chi connectivity index (χ2n) is 3.93. The summed E-state index contributed by atoms with van der Waals surface area (Å²) in [5, 5.41) is 10.0. The van der Waals surface area contributed by atoms with E-state index in [1.54, 1.807) is 24.3 Å². The molecule has 0 fully saturated rings. The van der Waals surface area contributed by atoms with E-state index in [1.807, 2.05) is 6.07 Å². The molecule has 5 heteroatoms. The molecule has 102 valence electrons. The highest BCUT2D eigenvalue weighted by Crippen LogP contribution is 2.30. The van der Waals surface area contributed by atoms with E-state index >= 15 is 0 Å². The van der Waals surface area contributed by atoms with Crippen molar-refractivity contribution in [1.29, 1.82) is 0 Å². The summed E-state index contributed by atoms with van der Waals surface area (Å²) < 4.78 is 37.1. The van der Waals surface area contributed by atoms with Crippen LogP contribution in [0, 0.1) is 0 Å². The number of alkyl halides is 3. The maximum atomic E-state index is 12.4. The third-order valence-corrected chi connectivity index (χ3v) is 2.67. The van der Waals surface area contributed by atoms with Gasteiger partial charge in [0, 0.05) is 0 Å². The zero-order chi connectivity index (χ0) is 13.2. The lowest BCUT2D eigenvalue weighted by Gasteiger charge is -2.13. The topological polar surface area (TPSA) is 51.7 Å². The Hall–Kier alpha value is -1.85. The first kappa shape index (κ1) is 15.2. The van der Waals surface area contributed by atoms with Crippen LogP contribution in [-0.4, -0.2) is 10.6 Å². The summed E-state index contributed by atoms with van der Waals surface area (Å²) >= 11 is 0. The van der Waals surface area contributed by atoms with Crippen molar-refractivity contribution in [3.05, 3.63) is 71.3 Å². The first-order chi connectivity index (χ1) is 8.48. The quantitative estimate of drug-likeness (QED) is 0.896. The molecule has 3 N–H and O–H groups in total. The van der Waals surface area contributed by atoms with Gasteiger partial charge in [0.05, 0.1) is 5.56 Å². The van der Waals surface area contributed by atoms with E-state index in [1.165, 1.54) is 12.1 Å². The number of aliphatic hydroxyl groups is 1. The predicted octanol–water partition coefficient (Wildman–Crippen LogP) is 2.96. The van der Waals surface area contributed by atoms with Gasteiger partial charge in [0.15, 0.2) is 0 Å². The zero-order valence-corrected chi connectivity index (χ0v) is 9.85. The highest BCUT2D eigenvalue weighted by Gasteiger charge is 2.30. The van der Waals surface area contributed by atoms with Crippen molar-refractivity contribution < 1.29 is 23.8 Å². The van der Waals surface area contributed by atoms with Crippen LogP contribution in [-0.2, 0) is 6.18 Å². The van der Waals surface area contributed by atoms with Crippen LogP contribution in [0.25, 0.3) is 0 Å². The maximum absolute atomic E-state index is 12.4. The second-order valence-corrected chi connectivity index (χ2v) is 3.93. The largest absolute Gasteiger partial charge is 0.416 e. The van der Waals surface area contributed by atoms with Gasteiger partial charge in [-0.1, -0.05) is 42.5 Å². The SMILES string of the molecule is O.OC(c1ccccc1)c1ccc(C(F)(F)F)cc1. The van der Waals surface area contributed by atoms with E-state index in [0.717, 1.165) is 12.1 Å². The molecule has 0 aromatic heterocycles. The molecule has 0 aliphatic carbocycles. The summed E-state index contributed by atoms with van der Waals surface area (Å²) in [7, 11) is 0. The van der Waals surface area contributed by atoms with Gasteiger partial charge >= 0.3 is 6.18 Å². The molecule has 2 aromatic rings. The van der Waals surface area contributed by atoms with Gasteiger partial charge in [0.2, 0.25) is 0 Å². The van der Waals surface area contributed by atoms with Gasteiger partial charge in [0.1, 0.15) is 6.10 Å². The Balaban J connectivity index is 0.00000180. The molecule has 1 unspecified atom stereocenters. The van der Waals surface area contributed by atoms with E-state index in [4.69, 9.17) is 0 Å². The van der Waals surface area contributed by atoms with Crippen molar-refractivity contribution >= 4 is 0 Å². The minimum absolute atomic E-state index is 0. The van der Waals surface area contributed by atoms with Gasteiger partial charge < -0.3 is 10.6 Å². The smallest absolute Gasteiger partial charge is 0.412 e. The van der Waals surface area contributed by atoms with Gasteiger partial charge in [-0.15, -0.1) is 0 Å². The standard InChI is InChI=1S/C14H11F3O.H2O/c15-14(16,17)12-8-6-11(7-9-12)13(18)10-4-2-1-3-5-10;/h1-9,13,18H;1H2. The number of aliphatic hydroxyl groups excluding tert-OH is 1. The lowest BCUT2D eigenvalue weighted by Crippen LogP contribution is -2.06. The molecule has 0 radical (unpaired) electrons. The molecular weight excluding hydrogens is 257 g/mol. The molecule has 1 atom stereocenters. The van der Waals surface area contributed by atoms with E-state index < -0.39 is 17.8 Å². The molecule has 2 nitrogen and oxygen atoms in total. The molecule has 2 aromatic carbocycles. The molecule has 0 saturated carbocycles. The summed E-state index contributed by atoms with van der Waals surface area (Å²) in [5.74, 6) is 0. The number of benzene rings is 2. The van der Waals surface area contributed by atoms with Crippen LogP contribution in [0.1, 0.15) is 22.8 Å². The Morgan fingerprint density at radius 2 is 1.26 bits per heavy atom. The summed E-state index contributed by atoms with van der Waals surface area (Å²) in [6.45, 7) is 0. The summed E-state index contributed by atoms with van der Waals surface area (Å²) in [4.78, 5) is 0. The molecule has 0 amide bonds. The van der Waals surface area contributed by atoms with Crippen molar-refractivity contribution in [3.63, 3.8) is 0 Å². The van der Waals surface area contributed by atoms with Crippen molar-refractivity contribution in [3.8, 4) is 0 Å². The minimum atomic E-state index is -4.35. The normalized spacial score (nSPS) is 12.6. The molecule has 0 heterocycles. The Bertz CT molecular complexity index is 506. The molecule has 0 aliphatic rings. The Kier molecular flexibility index (Phi) is 4.69. The molecule has 0 aliphatic heterocycles. The van der Waals surface area contributed by atoms with Crippen LogP contribution in [0.15, 0.2) is 54.6 Å². The molecule has 2 rings (SSSR count). The van der Waals surface area contributed by atoms with E-state index in [9.17, 15) is 18.3 Å². The van der Waals surface area contributed by atoms with Gasteiger partial charge in [-0.05, 0) is 23.3 Å². The number of hydrogen-bond acceptors (Lipinski definition) is 1. The second kappa shape index (κ2) is 5.86. The molecule has 0 bridgehead atoms. The highest BCUT2D eigenvalue weighted by atomic mass is 19.4. The van der Waals surface area contributed by atoms with E-state index in [0.29, 0.717) is 11.1 Å². The molecule has 19 heavy (non-hydrogen) atoms. The fraction of sp³-hybridized carbons (Fsp3) is 0.143. The van der Waals surface area contributed by atoms with Gasteiger partial charge in [0.25, 0.3) is 0 Å². The number of hydrogen-bond donors (Lipinski definition) is 1. The maximum Gasteiger partial charge on any atom is 0.416 e. The fourth-order valence-corrected chi connectivity index (χ4v) is 1.68. The van der Waals surface area contributed by atoms with Crippen molar-refractivity contribution in [2.24, 2.45) is 0 Å². The molecule has 0 spiro atoms. The van der Waals surface area contributed by atoms with E-state index in [2.05, 4.69) is 0 Å². The van der Waals surface area contributed by atoms with Crippen molar-refractivity contribution in [1.82, 2.24) is 0 Å². The van der Waals surface area contributed by atoms with Crippen LogP contribution >= 0.6 is 0 Å².